The van der Waals surface area contributed by atoms with Gasteiger partial charge < -0.3 is 11.1 Å². The lowest BCUT2D eigenvalue weighted by atomic mass is 10.2. The van der Waals surface area contributed by atoms with Crippen LogP contribution < -0.4 is 11.1 Å². The third kappa shape index (κ3) is 1.45. The lowest BCUT2D eigenvalue weighted by molar-refractivity contribution is 0.708. The van der Waals surface area contributed by atoms with E-state index in [1.165, 1.54) is 0 Å². The zero-order valence-corrected chi connectivity index (χ0v) is 5.30. The van der Waals surface area contributed by atoms with Crippen LogP contribution in [0.1, 0.15) is 6.42 Å². The Bertz CT molecular complexity index is 139. The number of nitrogens with two attached hydrogens (primary N) is 1. The van der Waals surface area contributed by atoms with Crippen LogP contribution in [-0.2, 0) is 0 Å². The van der Waals surface area contributed by atoms with Gasteiger partial charge in [0.1, 0.15) is 0 Å². The molecule has 3 nitrogen and oxygen atoms in total. The van der Waals surface area contributed by atoms with E-state index in [1.54, 1.807) is 0 Å². The number of nitrogens with zero attached hydrogens (tertiary/aromatic N) is 1. The molecule has 0 bridgehead atoms. The predicted molar refractivity (Wildman–Crippen MR) is 38.2 cm³/mol. The Balaban J connectivity index is 2.37. The zero-order chi connectivity index (χ0) is 6.69. The zero-order valence-electron chi connectivity index (χ0n) is 5.30. The van der Waals surface area contributed by atoms with Gasteiger partial charge in [-0.3, -0.25) is 0 Å². The molecule has 0 saturated carbocycles. The largest absolute Gasteiger partial charge is 0.370 e. The number of hydrogen-bond donors (Lipinski definition) is 2. The minimum absolute atomic E-state index is 0.322. The maximum absolute atomic E-state index is 5.36. The molecule has 0 radical (unpaired) electrons. The van der Waals surface area contributed by atoms with Gasteiger partial charge in [0.2, 0.25) is 0 Å². The highest BCUT2D eigenvalue weighted by Gasteiger charge is 2.11. The molecule has 9 heavy (non-hydrogen) atoms. The molecule has 0 aromatic heterocycles. The van der Waals surface area contributed by atoms with E-state index >= 15 is 0 Å². The van der Waals surface area contributed by atoms with Gasteiger partial charge >= 0.3 is 0 Å². The monoisotopic (exact) mass is 125 g/mol. The average molecular weight is 125 g/mol. The van der Waals surface area contributed by atoms with Gasteiger partial charge in [-0.1, -0.05) is 6.08 Å². The predicted octanol–water partition coefficient (Wildman–Crippen LogP) is -0.151. The number of rotatable bonds is 2. The molecule has 0 saturated heterocycles. The smallest absolute Gasteiger partial charge is 0.189 e. The molecule has 0 aromatic carbocycles. The van der Waals surface area contributed by atoms with Gasteiger partial charge in [0.15, 0.2) is 5.96 Å². The number of hydrogen-bond acceptors (Lipinski definition) is 3. The SMILES string of the molecule is C=CCC1CNC(N)=N1. The maximum Gasteiger partial charge on any atom is 0.189 e. The minimum Gasteiger partial charge on any atom is -0.370 e. The van der Waals surface area contributed by atoms with Gasteiger partial charge in [-0.15, -0.1) is 6.58 Å². The van der Waals surface area contributed by atoms with Crippen LogP contribution in [0.25, 0.3) is 0 Å². The van der Waals surface area contributed by atoms with Gasteiger partial charge in [0.25, 0.3) is 0 Å². The van der Waals surface area contributed by atoms with Crippen molar-refractivity contribution in [3.05, 3.63) is 12.7 Å². The van der Waals surface area contributed by atoms with Crippen LogP contribution in [-0.4, -0.2) is 18.5 Å². The average Bonchev–Trinajstić information content (AvgIpc) is 2.17. The van der Waals surface area contributed by atoms with Crippen LogP contribution in [0.5, 0.6) is 0 Å². The summed E-state index contributed by atoms with van der Waals surface area (Å²) >= 11 is 0. The third-order valence-corrected chi connectivity index (χ3v) is 1.28. The summed E-state index contributed by atoms with van der Waals surface area (Å²) in [6, 6.07) is 0.322. The first-order valence-corrected chi connectivity index (χ1v) is 3.01. The summed E-state index contributed by atoms with van der Waals surface area (Å²) < 4.78 is 0. The first-order valence-electron chi connectivity index (χ1n) is 3.01. The van der Waals surface area contributed by atoms with Crippen LogP contribution in [0.15, 0.2) is 17.6 Å². The van der Waals surface area contributed by atoms with Crippen molar-refractivity contribution in [3.8, 4) is 0 Å². The number of nitrogens with one attached hydrogen (secondary N) is 1. The van der Waals surface area contributed by atoms with Crippen LogP contribution in [0, 0.1) is 0 Å². The molecular weight excluding hydrogens is 114 g/mol. The summed E-state index contributed by atoms with van der Waals surface area (Å²) in [6.07, 6.45) is 2.77. The molecule has 50 valence electrons. The highest BCUT2D eigenvalue weighted by atomic mass is 15.2. The topological polar surface area (TPSA) is 50.4 Å². The summed E-state index contributed by atoms with van der Waals surface area (Å²) in [5, 5.41) is 2.93. The fourth-order valence-corrected chi connectivity index (χ4v) is 0.839. The van der Waals surface area contributed by atoms with Crippen molar-refractivity contribution in [2.75, 3.05) is 6.54 Å². The van der Waals surface area contributed by atoms with Gasteiger partial charge in [0, 0.05) is 6.54 Å². The van der Waals surface area contributed by atoms with Gasteiger partial charge in [0.05, 0.1) is 6.04 Å². The molecule has 1 atom stereocenters. The highest BCUT2D eigenvalue weighted by Crippen LogP contribution is 2.00. The van der Waals surface area contributed by atoms with E-state index in [9.17, 15) is 0 Å². The minimum atomic E-state index is 0.322. The molecule has 1 aliphatic heterocycles. The van der Waals surface area contributed by atoms with Gasteiger partial charge in [-0.2, -0.15) is 0 Å². The van der Waals surface area contributed by atoms with Crippen molar-refractivity contribution in [1.29, 1.82) is 0 Å². The Morgan fingerprint density at radius 2 is 2.78 bits per heavy atom. The number of aliphatic imine (C=N–C) groups is 1. The fourth-order valence-electron chi connectivity index (χ4n) is 0.839. The quantitative estimate of drug-likeness (QED) is 0.504. The summed E-state index contributed by atoms with van der Waals surface area (Å²) in [5.74, 6) is 0.557. The lowest BCUT2D eigenvalue weighted by Crippen LogP contribution is -2.27. The number of guanidine groups is 1. The molecule has 3 N–H and O–H groups in total. The van der Waals surface area contributed by atoms with Crippen molar-refractivity contribution in [1.82, 2.24) is 5.32 Å². The van der Waals surface area contributed by atoms with Crippen LogP contribution in [0.4, 0.5) is 0 Å². The van der Waals surface area contributed by atoms with Crippen LogP contribution in [0.3, 0.4) is 0 Å². The molecule has 1 aliphatic rings. The Hall–Kier alpha value is -0.990. The second-order valence-corrected chi connectivity index (χ2v) is 2.07. The van der Waals surface area contributed by atoms with E-state index in [0.29, 0.717) is 12.0 Å². The highest BCUT2D eigenvalue weighted by molar-refractivity contribution is 5.79. The van der Waals surface area contributed by atoms with Crippen molar-refractivity contribution >= 4 is 5.96 Å². The first kappa shape index (κ1) is 6.13. The van der Waals surface area contributed by atoms with Gasteiger partial charge in [-0.05, 0) is 6.42 Å². The van der Waals surface area contributed by atoms with Crippen LogP contribution >= 0.6 is 0 Å². The molecule has 0 fully saturated rings. The summed E-state index contributed by atoms with van der Waals surface area (Å²) in [6.45, 7) is 4.47. The summed E-state index contributed by atoms with van der Waals surface area (Å²) in [5.41, 5.74) is 5.36. The van der Waals surface area contributed by atoms with E-state index in [0.717, 1.165) is 13.0 Å². The van der Waals surface area contributed by atoms with E-state index in [1.807, 2.05) is 6.08 Å². The Kier molecular flexibility index (Phi) is 1.72. The molecule has 1 rings (SSSR count). The van der Waals surface area contributed by atoms with E-state index < -0.39 is 0 Å². The van der Waals surface area contributed by atoms with Crippen molar-refractivity contribution < 1.29 is 0 Å². The van der Waals surface area contributed by atoms with E-state index in [4.69, 9.17) is 5.73 Å². The lowest BCUT2D eigenvalue weighted by Gasteiger charge is -1.97. The van der Waals surface area contributed by atoms with Crippen molar-refractivity contribution in [2.45, 2.75) is 12.5 Å². The Labute approximate surface area is 54.7 Å². The molecule has 3 heteroatoms. The van der Waals surface area contributed by atoms with Crippen molar-refractivity contribution in [2.24, 2.45) is 10.7 Å². The normalized spacial score (nSPS) is 24.9. The maximum atomic E-state index is 5.36. The summed E-state index contributed by atoms with van der Waals surface area (Å²) in [4.78, 5) is 4.09. The molecule has 0 spiro atoms. The molecule has 0 aliphatic carbocycles. The van der Waals surface area contributed by atoms with E-state index in [-0.39, 0.29) is 0 Å². The third-order valence-electron chi connectivity index (χ3n) is 1.28. The van der Waals surface area contributed by atoms with Gasteiger partial charge in [-0.25, -0.2) is 4.99 Å². The molecule has 0 aromatic rings. The van der Waals surface area contributed by atoms with Crippen LogP contribution in [0.2, 0.25) is 0 Å². The van der Waals surface area contributed by atoms with Crippen molar-refractivity contribution in [3.63, 3.8) is 0 Å². The van der Waals surface area contributed by atoms with E-state index in [2.05, 4.69) is 16.9 Å². The standard InChI is InChI=1S/C6H11N3/c1-2-3-5-4-8-6(7)9-5/h2,5H,1,3-4H2,(H3,7,8,9). The Morgan fingerprint density at radius 3 is 3.22 bits per heavy atom. The Morgan fingerprint density at radius 1 is 2.00 bits per heavy atom. The molecular formula is C6H11N3. The summed E-state index contributed by atoms with van der Waals surface area (Å²) in [7, 11) is 0. The fraction of sp³-hybridized carbons (Fsp3) is 0.500. The second kappa shape index (κ2) is 2.53. The second-order valence-electron chi connectivity index (χ2n) is 2.07. The molecule has 1 heterocycles. The molecule has 0 amide bonds. The molecule has 1 unspecified atom stereocenters. The first-order chi connectivity index (χ1) is 4.33.